The van der Waals surface area contributed by atoms with Crippen molar-refractivity contribution in [3.05, 3.63) is 42.7 Å². The molecule has 9 heteroatoms. The zero-order valence-corrected chi connectivity index (χ0v) is 13.8. The number of rotatable bonds is 4. The third-order valence-corrected chi connectivity index (χ3v) is 5.04. The summed E-state index contributed by atoms with van der Waals surface area (Å²) in [5.74, 6) is 0.0654. The topological polar surface area (TPSA) is 81.7 Å². The number of aromatic nitrogens is 6. The van der Waals surface area contributed by atoms with Crippen molar-refractivity contribution in [2.75, 3.05) is 11.4 Å². The van der Waals surface area contributed by atoms with Crippen LogP contribution >= 0.6 is 11.8 Å². The second-order valence-electron chi connectivity index (χ2n) is 5.47. The standard InChI is InChI=1S/C15H15N7OS/c1-20-10-12(9-16-20)21-8-7-13(14(21)23)24-15-17-18-19-22(15)11-5-3-2-4-6-11/h2-6,9-10,13H,7-8H2,1H3/t13-/m0/s1. The molecule has 0 radical (unpaired) electrons. The van der Waals surface area contributed by atoms with Gasteiger partial charge < -0.3 is 4.90 Å². The van der Waals surface area contributed by atoms with Crippen LogP contribution in [-0.4, -0.2) is 47.7 Å². The van der Waals surface area contributed by atoms with Gasteiger partial charge in [-0.2, -0.15) is 9.78 Å². The SMILES string of the molecule is Cn1cc(N2CC[C@H](Sc3nnnn3-c3ccccc3)C2=O)cn1. The van der Waals surface area contributed by atoms with Gasteiger partial charge in [-0.3, -0.25) is 9.48 Å². The Hall–Kier alpha value is -2.68. The van der Waals surface area contributed by atoms with Crippen molar-refractivity contribution in [1.82, 2.24) is 30.0 Å². The van der Waals surface area contributed by atoms with E-state index in [1.807, 2.05) is 43.6 Å². The molecule has 1 aromatic carbocycles. The molecule has 0 N–H and O–H groups in total. The molecule has 122 valence electrons. The Morgan fingerprint density at radius 3 is 2.79 bits per heavy atom. The predicted molar refractivity (Wildman–Crippen MR) is 89.0 cm³/mol. The Morgan fingerprint density at radius 2 is 2.04 bits per heavy atom. The molecular weight excluding hydrogens is 326 g/mol. The van der Waals surface area contributed by atoms with E-state index in [0.29, 0.717) is 11.7 Å². The van der Waals surface area contributed by atoms with Crippen LogP contribution in [0.2, 0.25) is 0 Å². The van der Waals surface area contributed by atoms with Crippen LogP contribution in [0.3, 0.4) is 0 Å². The number of benzene rings is 1. The predicted octanol–water partition coefficient (Wildman–Crippen LogP) is 1.29. The lowest BCUT2D eigenvalue weighted by atomic mass is 10.3. The van der Waals surface area contributed by atoms with Crippen LogP contribution in [0.25, 0.3) is 5.69 Å². The number of para-hydroxylation sites is 1. The van der Waals surface area contributed by atoms with Crippen LogP contribution < -0.4 is 4.90 Å². The van der Waals surface area contributed by atoms with E-state index in [4.69, 9.17) is 0 Å². The van der Waals surface area contributed by atoms with Gasteiger partial charge in [0, 0.05) is 19.8 Å². The fourth-order valence-electron chi connectivity index (χ4n) is 2.68. The highest BCUT2D eigenvalue weighted by molar-refractivity contribution is 8.00. The number of carbonyl (C=O) groups is 1. The number of carbonyl (C=O) groups excluding carboxylic acids is 1. The summed E-state index contributed by atoms with van der Waals surface area (Å²) in [7, 11) is 1.84. The molecule has 0 saturated carbocycles. The second-order valence-corrected chi connectivity index (χ2v) is 6.64. The van der Waals surface area contributed by atoms with E-state index in [2.05, 4.69) is 20.6 Å². The van der Waals surface area contributed by atoms with Crippen molar-refractivity contribution in [3.8, 4) is 5.69 Å². The molecule has 3 heterocycles. The molecule has 2 aromatic heterocycles. The van der Waals surface area contributed by atoms with Gasteiger partial charge in [-0.15, -0.1) is 5.10 Å². The van der Waals surface area contributed by atoms with Crippen molar-refractivity contribution in [3.63, 3.8) is 0 Å². The summed E-state index contributed by atoms with van der Waals surface area (Å²) in [6.45, 7) is 0.676. The summed E-state index contributed by atoms with van der Waals surface area (Å²) in [5, 5.41) is 16.4. The summed E-state index contributed by atoms with van der Waals surface area (Å²) < 4.78 is 3.35. The molecule has 1 amide bonds. The maximum absolute atomic E-state index is 12.7. The highest BCUT2D eigenvalue weighted by atomic mass is 32.2. The number of aryl methyl sites for hydroxylation is 1. The molecule has 1 atom stereocenters. The maximum atomic E-state index is 12.7. The lowest BCUT2D eigenvalue weighted by molar-refractivity contribution is -0.116. The van der Waals surface area contributed by atoms with E-state index < -0.39 is 0 Å². The van der Waals surface area contributed by atoms with Gasteiger partial charge in [0.25, 0.3) is 0 Å². The Balaban J connectivity index is 1.53. The molecule has 0 spiro atoms. The van der Waals surface area contributed by atoms with Gasteiger partial charge in [0.05, 0.1) is 22.8 Å². The van der Waals surface area contributed by atoms with Crippen molar-refractivity contribution < 1.29 is 4.79 Å². The van der Waals surface area contributed by atoms with Crippen LogP contribution in [0.5, 0.6) is 0 Å². The minimum Gasteiger partial charge on any atom is -0.308 e. The molecule has 4 rings (SSSR count). The third kappa shape index (κ3) is 2.67. The number of tetrazole rings is 1. The fourth-order valence-corrected chi connectivity index (χ4v) is 3.71. The summed E-state index contributed by atoms with van der Waals surface area (Å²) in [4.78, 5) is 14.4. The largest absolute Gasteiger partial charge is 0.308 e. The van der Waals surface area contributed by atoms with Crippen molar-refractivity contribution in [1.29, 1.82) is 0 Å². The number of hydrogen-bond donors (Lipinski definition) is 0. The summed E-state index contributed by atoms with van der Waals surface area (Å²) in [6.07, 6.45) is 4.30. The van der Waals surface area contributed by atoms with Gasteiger partial charge in [0.1, 0.15) is 0 Å². The van der Waals surface area contributed by atoms with Gasteiger partial charge >= 0.3 is 0 Å². The molecule has 8 nitrogen and oxygen atoms in total. The number of anilines is 1. The summed E-state index contributed by atoms with van der Waals surface area (Å²) in [6, 6.07) is 9.65. The van der Waals surface area contributed by atoms with E-state index in [-0.39, 0.29) is 11.2 Å². The third-order valence-electron chi connectivity index (χ3n) is 3.85. The molecule has 0 bridgehead atoms. The fraction of sp³-hybridized carbons (Fsp3) is 0.267. The molecule has 1 aliphatic heterocycles. The van der Waals surface area contributed by atoms with E-state index in [1.54, 1.807) is 20.5 Å². The zero-order chi connectivity index (χ0) is 16.5. The molecule has 0 unspecified atom stereocenters. The van der Waals surface area contributed by atoms with Gasteiger partial charge in [0.15, 0.2) is 0 Å². The molecular formula is C15H15N7OS. The Kier molecular flexibility index (Phi) is 3.77. The second kappa shape index (κ2) is 6.08. The number of hydrogen-bond acceptors (Lipinski definition) is 6. The van der Waals surface area contributed by atoms with Crippen molar-refractivity contribution in [2.24, 2.45) is 7.05 Å². The minimum absolute atomic E-state index is 0.0654. The first-order chi connectivity index (χ1) is 11.7. The Bertz CT molecular complexity index is 860. The molecule has 0 aliphatic carbocycles. The van der Waals surface area contributed by atoms with Crippen LogP contribution in [0, 0.1) is 0 Å². The van der Waals surface area contributed by atoms with Crippen LogP contribution in [0.4, 0.5) is 5.69 Å². The number of nitrogens with zero attached hydrogens (tertiary/aromatic N) is 7. The highest BCUT2D eigenvalue weighted by Crippen LogP contribution is 2.32. The van der Waals surface area contributed by atoms with Gasteiger partial charge in [-0.05, 0) is 29.0 Å². The van der Waals surface area contributed by atoms with Crippen LogP contribution in [0.15, 0.2) is 47.9 Å². The first kappa shape index (κ1) is 14.9. The van der Waals surface area contributed by atoms with E-state index in [0.717, 1.165) is 17.8 Å². The molecule has 1 saturated heterocycles. The number of amides is 1. The lowest BCUT2D eigenvalue weighted by Crippen LogP contribution is -2.27. The van der Waals surface area contributed by atoms with Crippen LogP contribution in [0.1, 0.15) is 6.42 Å². The van der Waals surface area contributed by atoms with Crippen molar-refractivity contribution in [2.45, 2.75) is 16.8 Å². The van der Waals surface area contributed by atoms with E-state index in [1.165, 1.54) is 11.8 Å². The minimum atomic E-state index is -0.196. The van der Waals surface area contributed by atoms with E-state index >= 15 is 0 Å². The summed E-state index contributed by atoms with van der Waals surface area (Å²) in [5.41, 5.74) is 1.70. The lowest BCUT2D eigenvalue weighted by Gasteiger charge is -2.13. The quantitative estimate of drug-likeness (QED) is 0.711. The van der Waals surface area contributed by atoms with Gasteiger partial charge in [-0.25, -0.2) is 0 Å². The highest BCUT2D eigenvalue weighted by Gasteiger charge is 2.35. The van der Waals surface area contributed by atoms with E-state index in [9.17, 15) is 4.79 Å². The summed E-state index contributed by atoms with van der Waals surface area (Å²) >= 11 is 1.40. The average Bonchev–Trinajstić information content (AvgIpc) is 3.31. The monoisotopic (exact) mass is 341 g/mol. The first-order valence-electron chi connectivity index (χ1n) is 7.53. The molecule has 1 fully saturated rings. The molecule has 1 aliphatic rings. The first-order valence-corrected chi connectivity index (χ1v) is 8.41. The van der Waals surface area contributed by atoms with Crippen molar-refractivity contribution >= 4 is 23.4 Å². The zero-order valence-electron chi connectivity index (χ0n) is 13.0. The average molecular weight is 341 g/mol. The van der Waals surface area contributed by atoms with Gasteiger partial charge in [-0.1, -0.05) is 30.0 Å². The smallest absolute Gasteiger partial charge is 0.240 e. The van der Waals surface area contributed by atoms with Crippen LogP contribution in [-0.2, 0) is 11.8 Å². The maximum Gasteiger partial charge on any atom is 0.240 e. The molecule has 24 heavy (non-hydrogen) atoms. The normalized spacial score (nSPS) is 17.6. The van der Waals surface area contributed by atoms with Gasteiger partial charge in [0.2, 0.25) is 11.1 Å². The Morgan fingerprint density at radius 1 is 1.21 bits per heavy atom. The number of thioether (sulfide) groups is 1. The molecule has 3 aromatic rings. The Labute approximate surface area is 142 Å².